The van der Waals surface area contributed by atoms with E-state index in [1.807, 2.05) is 18.2 Å². The number of tetrazole rings is 1. The smallest absolute Gasteiger partial charge is 0.183 e. The molecule has 15 heavy (non-hydrogen) atoms. The van der Waals surface area contributed by atoms with Crippen LogP contribution in [-0.4, -0.2) is 20.2 Å². The predicted octanol–water partition coefficient (Wildman–Crippen LogP) is 1.52. The number of hydrogen-bond acceptors (Lipinski definition) is 4. The first-order chi connectivity index (χ1) is 7.31. The van der Waals surface area contributed by atoms with E-state index in [1.54, 1.807) is 12.1 Å². The fourth-order valence-electron chi connectivity index (χ4n) is 1.18. The summed E-state index contributed by atoms with van der Waals surface area (Å²) in [5.74, 6) is 0.563. The lowest BCUT2D eigenvalue weighted by Crippen LogP contribution is -2.00. The van der Waals surface area contributed by atoms with E-state index < -0.39 is 0 Å². The van der Waals surface area contributed by atoms with Crippen molar-refractivity contribution in [2.75, 3.05) is 0 Å². The molecule has 1 aromatic carbocycles. The second kappa shape index (κ2) is 4.07. The van der Waals surface area contributed by atoms with Gasteiger partial charge >= 0.3 is 0 Å². The number of nitriles is 1. The molecule has 0 fully saturated rings. The van der Waals surface area contributed by atoms with Gasteiger partial charge < -0.3 is 0 Å². The molecule has 0 aliphatic heterocycles. The molecule has 0 bridgehead atoms. The Morgan fingerprint density at radius 2 is 2.07 bits per heavy atom. The lowest BCUT2D eigenvalue weighted by atomic mass is 10.2. The summed E-state index contributed by atoms with van der Waals surface area (Å²) >= 11 is 5.76. The topological polar surface area (TPSA) is 67.4 Å². The van der Waals surface area contributed by atoms with E-state index in [4.69, 9.17) is 16.9 Å². The second-order valence-electron chi connectivity index (χ2n) is 2.83. The molecule has 0 spiro atoms. The Labute approximate surface area is 90.9 Å². The average Bonchev–Trinajstić information content (AvgIpc) is 2.68. The molecule has 0 unspecified atom stereocenters. The standard InChI is InChI=1S/C9H6ClN5/c10-8-3-1-7(2-4-8)9-12-13-14-15(9)6-5-11/h1-4H,6H2. The van der Waals surface area contributed by atoms with E-state index in [1.165, 1.54) is 4.68 Å². The van der Waals surface area contributed by atoms with Crippen LogP contribution in [0, 0.1) is 11.3 Å². The fourth-order valence-corrected chi connectivity index (χ4v) is 1.31. The van der Waals surface area contributed by atoms with E-state index in [9.17, 15) is 0 Å². The van der Waals surface area contributed by atoms with Crippen LogP contribution in [0.4, 0.5) is 0 Å². The molecule has 0 radical (unpaired) electrons. The number of nitrogens with zero attached hydrogens (tertiary/aromatic N) is 5. The van der Waals surface area contributed by atoms with Crippen molar-refractivity contribution in [3.8, 4) is 17.5 Å². The quantitative estimate of drug-likeness (QED) is 0.768. The number of rotatable bonds is 2. The van der Waals surface area contributed by atoms with Crippen LogP contribution in [0.3, 0.4) is 0 Å². The van der Waals surface area contributed by atoms with Crippen molar-refractivity contribution in [1.82, 2.24) is 20.2 Å². The van der Waals surface area contributed by atoms with Crippen LogP contribution in [0.1, 0.15) is 0 Å². The molecular weight excluding hydrogens is 214 g/mol. The van der Waals surface area contributed by atoms with E-state index in [0.29, 0.717) is 10.8 Å². The van der Waals surface area contributed by atoms with Crippen molar-refractivity contribution in [1.29, 1.82) is 5.26 Å². The maximum Gasteiger partial charge on any atom is 0.183 e. The van der Waals surface area contributed by atoms with E-state index in [2.05, 4.69) is 15.5 Å². The molecule has 1 aromatic heterocycles. The van der Waals surface area contributed by atoms with Crippen LogP contribution >= 0.6 is 11.6 Å². The Morgan fingerprint density at radius 1 is 1.33 bits per heavy atom. The van der Waals surface area contributed by atoms with Gasteiger partial charge in [-0.2, -0.15) is 5.26 Å². The zero-order chi connectivity index (χ0) is 10.7. The summed E-state index contributed by atoms with van der Waals surface area (Å²) in [6, 6.07) is 9.11. The second-order valence-corrected chi connectivity index (χ2v) is 3.26. The molecule has 5 nitrogen and oxygen atoms in total. The van der Waals surface area contributed by atoms with Gasteiger partial charge in [-0.05, 0) is 34.7 Å². The Morgan fingerprint density at radius 3 is 2.73 bits per heavy atom. The highest BCUT2D eigenvalue weighted by Gasteiger charge is 2.07. The molecule has 0 amide bonds. The molecule has 0 N–H and O–H groups in total. The molecule has 6 heteroatoms. The third kappa shape index (κ3) is 1.95. The number of aromatic nitrogens is 4. The minimum absolute atomic E-state index is 0.130. The molecule has 0 atom stereocenters. The van der Waals surface area contributed by atoms with Crippen LogP contribution in [0.5, 0.6) is 0 Å². The van der Waals surface area contributed by atoms with Crippen LogP contribution < -0.4 is 0 Å². The monoisotopic (exact) mass is 219 g/mol. The van der Waals surface area contributed by atoms with Gasteiger partial charge in [0.2, 0.25) is 0 Å². The van der Waals surface area contributed by atoms with Crippen LogP contribution in [0.15, 0.2) is 24.3 Å². The largest absolute Gasteiger partial charge is 0.211 e. The molecule has 1 heterocycles. The third-order valence-corrected chi connectivity index (χ3v) is 2.11. The Bertz CT molecular complexity index is 496. The van der Waals surface area contributed by atoms with Crippen molar-refractivity contribution in [2.24, 2.45) is 0 Å². The van der Waals surface area contributed by atoms with Gasteiger partial charge in [-0.25, -0.2) is 4.68 Å². The zero-order valence-corrected chi connectivity index (χ0v) is 8.39. The van der Waals surface area contributed by atoms with Crippen LogP contribution in [-0.2, 0) is 6.54 Å². The summed E-state index contributed by atoms with van der Waals surface area (Å²) < 4.78 is 1.43. The van der Waals surface area contributed by atoms with Gasteiger partial charge in [0, 0.05) is 10.6 Å². The van der Waals surface area contributed by atoms with Crippen molar-refractivity contribution >= 4 is 11.6 Å². The minimum atomic E-state index is 0.130. The molecule has 0 aliphatic rings. The van der Waals surface area contributed by atoms with Gasteiger partial charge in [0.1, 0.15) is 6.54 Å². The molecular formula is C9H6ClN5. The van der Waals surface area contributed by atoms with Crippen molar-refractivity contribution in [3.63, 3.8) is 0 Å². The molecule has 74 valence electrons. The fraction of sp³-hybridized carbons (Fsp3) is 0.111. The van der Waals surface area contributed by atoms with Crippen molar-refractivity contribution < 1.29 is 0 Å². The van der Waals surface area contributed by atoms with E-state index >= 15 is 0 Å². The Hall–Kier alpha value is -1.93. The van der Waals surface area contributed by atoms with Gasteiger partial charge in [0.25, 0.3) is 0 Å². The molecule has 0 saturated carbocycles. The normalized spacial score (nSPS) is 9.87. The lowest BCUT2D eigenvalue weighted by molar-refractivity contribution is 0.671. The molecule has 0 saturated heterocycles. The summed E-state index contributed by atoms with van der Waals surface area (Å²) in [6.07, 6.45) is 0. The highest BCUT2D eigenvalue weighted by Crippen LogP contribution is 2.18. The predicted molar refractivity (Wildman–Crippen MR) is 53.9 cm³/mol. The maximum absolute atomic E-state index is 8.57. The van der Waals surface area contributed by atoms with Crippen LogP contribution in [0.25, 0.3) is 11.4 Å². The number of hydrogen-bond donors (Lipinski definition) is 0. The highest BCUT2D eigenvalue weighted by atomic mass is 35.5. The van der Waals surface area contributed by atoms with Gasteiger partial charge in [-0.15, -0.1) is 5.10 Å². The minimum Gasteiger partial charge on any atom is -0.211 e. The third-order valence-electron chi connectivity index (χ3n) is 1.85. The number of benzene rings is 1. The first kappa shape index (κ1) is 9.62. The highest BCUT2D eigenvalue weighted by molar-refractivity contribution is 6.30. The maximum atomic E-state index is 8.57. The van der Waals surface area contributed by atoms with Gasteiger partial charge in [0.15, 0.2) is 5.82 Å². The van der Waals surface area contributed by atoms with E-state index in [0.717, 1.165) is 5.56 Å². The SMILES string of the molecule is N#CCn1nnnc1-c1ccc(Cl)cc1. The van der Waals surface area contributed by atoms with Crippen LogP contribution in [0.2, 0.25) is 5.02 Å². The average molecular weight is 220 g/mol. The summed E-state index contributed by atoms with van der Waals surface area (Å²) in [6.45, 7) is 0.130. The molecule has 0 aliphatic carbocycles. The zero-order valence-electron chi connectivity index (χ0n) is 7.63. The summed E-state index contributed by atoms with van der Waals surface area (Å²) in [7, 11) is 0. The van der Waals surface area contributed by atoms with Gasteiger partial charge in [-0.1, -0.05) is 11.6 Å². The Kier molecular flexibility index (Phi) is 2.61. The summed E-state index contributed by atoms with van der Waals surface area (Å²) in [5.41, 5.74) is 0.833. The molecule has 2 rings (SSSR count). The lowest BCUT2D eigenvalue weighted by Gasteiger charge is -1.99. The van der Waals surface area contributed by atoms with Gasteiger partial charge in [0.05, 0.1) is 6.07 Å². The first-order valence-electron chi connectivity index (χ1n) is 4.20. The molecule has 2 aromatic rings. The van der Waals surface area contributed by atoms with Crippen molar-refractivity contribution in [3.05, 3.63) is 29.3 Å². The first-order valence-corrected chi connectivity index (χ1v) is 4.58. The van der Waals surface area contributed by atoms with Gasteiger partial charge in [-0.3, -0.25) is 0 Å². The summed E-state index contributed by atoms with van der Waals surface area (Å²) in [4.78, 5) is 0. The Balaban J connectivity index is 2.41. The number of halogens is 1. The van der Waals surface area contributed by atoms with E-state index in [-0.39, 0.29) is 6.54 Å². The van der Waals surface area contributed by atoms with Crippen molar-refractivity contribution in [2.45, 2.75) is 6.54 Å². The summed E-state index contributed by atoms with van der Waals surface area (Å²) in [5, 5.41) is 20.3.